The van der Waals surface area contributed by atoms with Crippen LogP contribution < -0.4 is 5.32 Å². The van der Waals surface area contributed by atoms with E-state index >= 15 is 0 Å². The average Bonchev–Trinajstić information content (AvgIpc) is 3.12. The van der Waals surface area contributed by atoms with E-state index in [-0.39, 0.29) is 18.1 Å². The maximum Gasteiger partial charge on any atom is 0.272 e. The lowest BCUT2D eigenvalue weighted by atomic mass is 10.1. The molecule has 3 aromatic rings. The molecule has 134 valence electrons. The molecule has 6 nitrogen and oxygen atoms in total. The summed E-state index contributed by atoms with van der Waals surface area (Å²) in [5.74, 6) is -0.216. The summed E-state index contributed by atoms with van der Waals surface area (Å²) < 4.78 is 11.6. The molecule has 2 heterocycles. The number of aromatic nitrogens is 2. The van der Waals surface area contributed by atoms with Crippen molar-refractivity contribution >= 4 is 16.8 Å². The van der Waals surface area contributed by atoms with Crippen LogP contribution in [0.15, 0.2) is 54.6 Å². The molecular weight excluding hydrogens is 330 g/mol. The first-order valence-corrected chi connectivity index (χ1v) is 8.78. The van der Waals surface area contributed by atoms with Gasteiger partial charge in [-0.05, 0) is 18.1 Å². The number of H-pyrrole nitrogens is 1. The minimum Gasteiger partial charge on any atom is -0.379 e. The molecule has 6 heteroatoms. The lowest BCUT2D eigenvalue weighted by Gasteiger charge is -2.32. The van der Waals surface area contributed by atoms with Crippen LogP contribution in [0.2, 0.25) is 0 Å². The number of ether oxygens (including phenoxy) is 2. The van der Waals surface area contributed by atoms with Crippen LogP contribution in [0.25, 0.3) is 10.9 Å². The summed E-state index contributed by atoms with van der Waals surface area (Å²) in [5.41, 5.74) is 2.35. The van der Waals surface area contributed by atoms with Gasteiger partial charge in [0.1, 0.15) is 0 Å². The molecule has 1 aliphatic heterocycles. The van der Waals surface area contributed by atoms with E-state index in [1.54, 1.807) is 0 Å². The van der Waals surface area contributed by atoms with Crippen LogP contribution in [0.3, 0.4) is 0 Å². The zero-order valence-corrected chi connectivity index (χ0v) is 14.4. The maximum absolute atomic E-state index is 12.7. The Bertz CT molecular complexity index is 878. The number of amides is 1. The normalized spacial score (nSPS) is 20.2. The fraction of sp³-hybridized carbons (Fsp3) is 0.300. The zero-order valence-electron chi connectivity index (χ0n) is 14.4. The summed E-state index contributed by atoms with van der Waals surface area (Å²) in [6, 6.07) is 17.4. The summed E-state index contributed by atoms with van der Waals surface area (Å²) in [4.78, 5) is 12.7. The number of rotatable bonds is 5. The summed E-state index contributed by atoms with van der Waals surface area (Å²) in [5, 5.41) is 10.9. The van der Waals surface area contributed by atoms with Gasteiger partial charge in [0, 0.05) is 12.0 Å². The molecule has 4 rings (SSSR count). The molecule has 1 saturated heterocycles. The van der Waals surface area contributed by atoms with E-state index < -0.39 is 0 Å². The van der Waals surface area contributed by atoms with Gasteiger partial charge in [-0.3, -0.25) is 9.89 Å². The Balaban J connectivity index is 1.43. The summed E-state index contributed by atoms with van der Waals surface area (Å²) in [7, 11) is 0. The lowest BCUT2D eigenvalue weighted by Crippen LogP contribution is -2.50. The van der Waals surface area contributed by atoms with Crippen molar-refractivity contribution in [2.75, 3.05) is 13.2 Å². The Hall–Kier alpha value is -2.70. The van der Waals surface area contributed by atoms with Crippen molar-refractivity contribution in [1.29, 1.82) is 0 Å². The van der Waals surface area contributed by atoms with Crippen LogP contribution in [0.5, 0.6) is 0 Å². The lowest BCUT2D eigenvalue weighted by molar-refractivity contribution is -0.0605. The quantitative estimate of drug-likeness (QED) is 0.741. The maximum atomic E-state index is 12.7. The highest BCUT2D eigenvalue weighted by molar-refractivity contribution is 6.04. The SMILES string of the molecule is O=C(N[C@@H]1COCC[C@@H]1OCc1ccccc1)c1n[nH]c2ccccc12. The number of aromatic amines is 1. The molecule has 1 aromatic heterocycles. The second kappa shape index (κ2) is 7.68. The van der Waals surface area contributed by atoms with Gasteiger partial charge in [0.2, 0.25) is 0 Å². The Labute approximate surface area is 151 Å². The second-order valence-electron chi connectivity index (χ2n) is 6.40. The smallest absolute Gasteiger partial charge is 0.272 e. The molecule has 1 aliphatic rings. The van der Waals surface area contributed by atoms with Crippen molar-refractivity contribution in [2.24, 2.45) is 0 Å². The Morgan fingerprint density at radius 1 is 1.19 bits per heavy atom. The number of nitrogens with zero attached hydrogens (tertiary/aromatic N) is 1. The molecule has 2 atom stereocenters. The predicted molar refractivity (Wildman–Crippen MR) is 97.8 cm³/mol. The number of nitrogens with one attached hydrogen (secondary N) is 2. The van der Waals surface area contributed by atoms with Crippen molar-refractivity contribution < 1.29 is 14.3 Å². The monoisotopic (exact) mass is 351 g/mol. The molecule has 0 radical (unpaired) electrons. The van der Waals surface area contributed by atoms with Crippen LogP contribution in [0.1, 0.15) is 22.5 Å². The molecule has 0 spiro atoms. The molecule has 1 amide bonds. The predicted octanol–water partition coefficient (Wildman–Crippen LogP) is 2.67. The molecule has 1 fully saturated rings. The standard InChI is InChI=1S/C20H21N3O3/c24-20(19-15-8-4-5-9-16(15)22-23-19)21-17-13-25-11-10-18(17)26-12-14-6-2-1-3-7-14/h1-9,17-18H,10-13H2,(H,21,24)(H,22,23)/t17-,18+/m1/s1. The highest BCUT2D eigenvalue weighted by Gasteiger charge is 2.29. The van der Waals surface area contributed by atoms with Crippen molar-refractivity contribution in [3.05, 3.63) is 65.9 Å². The van der Waals surface area contributed by atoms with E-state index in [4.69, 9.17) is 9.47 Å². The van der Waals surface area contributed by atoms with E-state index in [1.165, 1.54) is 0 Å². The minimum atomic E-state index is -0.216. The topological polar surface area (TPSA) is 76.2 Å². The molecule has 0 aliphatic carbocycles. The first-order chi connectivity index (χ1) is 12.8. The summed E-state index contributed by atoms with van der Waals surface area (Å²) in [6.07, 6.45) is 0.664. The van der Waals surface area contributed by atoms with Crippen LogP contribution in [0, 0.1) is 0 Å². The Morgan fingerprint density at radius 2 is 2.00 bits per heavy atom. The summed E-state index contributed by atoms with van der Waals surface area (Å²) >= 11 is 0. The van der Waals surface area contributed by atoms with E-state index in [2.05, 4.69) is 15.5 Å². The first kappa shape index (κ1) is 16.8. The average molecular weight is 351 g/mol. The van der Waals surface area contributed by atoms with Crippen molar-refractivity contribution in [1.82, 2.24) is 15.5 Å². The van der Waals surface area contributed by atoms with Gasteiger partial charge < -0.3 is 14.8 Å². The van der Waals surface area contributed by atoms with Crippen LogP contribution in [-0.4, -0.2) is 41.5 Å². The van der Waals surface area contributed by atoms with Crippen LogP contribution >= 0.6 is 0 Å². The molecule has 2 N–H and O–H groups in total. The molecule has 2 aromatic carbocycles. The fourth-order valence-electron chi connectivity index (χ4n) is 3.20. The number of fused-ring (bicyclic) bond motifs is 1. The molecular formula is C20H21N3O3. The van der Waals surface area contributed by atoms with Crippen molar-refractivity contribution in [3.63, 3.8) is 0 Å². The minimum absolute atomic E-state index is 0.0851. The third kappa shape index (κ3) is 3.61. The van der Waals surface area contributed by atoms with Crippen molar-refractivity contribution in [3.8, 4) is 0 Å². The van der Waals surface area contributed by atoms with Gasteiger partial charge >= 0.3 is 0 Å². The molecule has 26 heavy (non-hydrogen) atoms. The van der Waals surface area contributed by atoms with Gasteiger partial charge in [-0.15, -0.1) is 0 Å². The number of carbonyl (C=O) groups excluding carboxylic acids is 1. The van der Waals surface area contributed by atoms with Gasteiger partial charge in [-0.1, -0.05) is 48.5 Å². The molecule has 0 bridgehead atoms. The van der Waals surface area contributed by atoms with Crippen molar-refractivity contribution in [2.45, 2.75) is 25.2 Å². The number of carbonyl (C=O) groups is 1. The summed E-state index contributed by atoms with van der Waals surface area (Å²) in [6.45, 7) is 1.59. The van der Waals surface area contributed by atoms with Gasteiger partial charge in [0.05, 0.1) is 30.9 Å². The van der Waals surface area contributed by atoms with Gasteiger partial charge in [0.25, 0.3) is 5.91 Å². The van der Waals surface area contributed by atoms with E-state index in [0.717, 1.165) is 22.9 Å². The number of hydrogen-bond acceptors (Lipinski definition) is 4. The highest BCUT2D eigenvalue weighted by Crippen LogP contribution is 2.18. The van der Waals surface area contributed by atoms with Crippen LogP contribution in [0.4, 0.5) is 0 Å². The fourth-order valence-corrected chi connectivity index (χ4v) is 3.20. The highest BCUT2D eigenvalue weighted by atomic mass is 16.5. The van der Waals surface area contributed by atoms with E-state index in [9.17, 15) is 4.79 Å². The second-order valence-corrected chi connectivity index (χ2v) is 6.40. The molecule has 0 saturated carbocycles. The van der Waals surface area contributed by atoms with Crippen LogP contribution in [-0.2, 0) is 16.1 Å². The third-order valence-corrected chi connectivity index (χ3v) is 4.60. The number of hydrogen-bond donors (Lipinski definition) is 2. The van der Waals surface area contributed by atoms with E-state index in [1.807, 2.05) is 54.6 Å². The zero-order chi connectivity index (χ0) is 17.8. The van der Waals surface area contributed by atoms with Gasteiger partial charge in [-0.25, -0.2) is 0 Å². The Morgan fingerprint density at radius 3 is 2.88 bits per heavy atom. The largest absolute Gasteiger partial charge is 0.379 e. The third-order valence-electron chi connectivity index (χ3n) is 4.60. The number of para-hydroxylation sites is 1. The van der Waals surface area contributed by atoms with Gasteiger partial charge in [0.15, 0.2) is 5.69 Å². The number of benzene rings is 2. The van der Waals surface area contributed by atoms with Gasteiger partial charge in [-0.2, -0.15) is 5.10 Å². The molecule has 0 unspecified atom stereocenters. The van der Waals surface area contributed by atoms with E-state index in [0.29, 0.717) is 25.5 Å². The first-order valence-electron chi connectivity index (χ1n) is 8.78. The Kier molecular flexibility index (Phi) is 4.95.